The van der Waals surface area contributed by atoms with Crippen LogP contribution in [-0.4, -0.2) is 56.8 Å². The summed E-state index contributed by atoms with van der Waals surface area (Å²) in [5, 5.41) is 7.77. The minimum absolute atomic E-state index is 0.0235. The van der Waals surface area contributed by atoms with E-state index < -0.39 is 21.8 Å². The highest BCUT2D eigenvalue weighted by molar-refractivity contribution is 7.89. The van der Waals surface area contributed by atoms with Crippen LogP contribution in [0.4, 0.5) is 18.9 Å². The van der Waals surface area contributed by atoms with Crippen molar-refractivity contribution in [3.63, 3.8) is 0 Å². The van der Waals surface area contributed by atoms with Crippen molar-refractivity contribution in [2.75, 3.05) is 38.0 Å². The standard InChI is InChI=1S/C21H25F3N4O3S/c22-21(23,24)17-3-1-16(2-4-17)15-28-13-11-27(12-14-28)10-9-20(29)26-18-5-7-19(8-6-18)32(25,30)31/h1-8H,9-15H2,(H,26,29)(H2,25,30,31). The number of nitrogens with zero attached hydrogens (tertiary/aromatic N) is 2. The second-order valence-corrected chi connectivity index (χ2v) is 9.24. The van der Waals surface area contributed by atoms with E-state index in [1.165, 1.54) is 36.4 Å². The lowest BCUT2D eigenvalue weighted by atomic mass is 10.1. The normalized spacial score (nSPS) is 16.1. The van der Waals surface area contributed by atoms with Gasteiger partial charge in [0.25, 0.3) is 0 Å². The summed E-state index contributed by atoms with van der Waals surface area (Å²) in [6.45, 7) is 4.21. The van der Waals surface area contributed by atoms with E-state index in [9.17, 15) is 26.4 Å². The molecule has 0 radical (unpaired) electrons. The molecule has 0 unspecified atom stereocenters. The first-order valence-electron chi connectivity index (χ1n) is 10.0. The Balaban J connectivity index is 1.39. The second kappa shape index (κ2) is 9.99. The van der Waals surface area contributed by atoms with Gasteiger partial charge in [0, 0.05) is 51.4 Å². The number of alkyl halides is 3. The van der Waals surface area contributed by atoms with Crippen LogP contribution in [0.3, 0.4) is 0 Å². The van der Waals surface area contributed by atoms with Gasteiger partial charge in [-0.15, -0.1) is 0 Å². The summed E-state index contributed by atoms with van der Waals surface area (Å²) in [4.78, 5) is 16.5. The molecule has 1 fully saturated rings. The van der Waals surface area contributed by atoms with Crippen LogP contribution in [0.25, 0.3) is 0 Å². The SMILES string of the molecule is NS(=O)(=O)c1ccc(NC(=O)CCN2CCN(Cc3ccc(C(F)(F)F)cc3)CC2)cc1. The van der Waals surface area contributed by atoms with Gasteiger partial charge in [-0.05, 0) is 42.0 Å². The van der Waals surface area contributed by atoms with Crippen molar-refractivity contribution in [2.45, 2.75) is 24.0 Å². The molecule has 0 atom stereocenters. The lowest BCUT2D eigenvalue weighted by molar-refractivity contribution is -0.137. The quantitative estimate of drug-likeness (QED) is 0.648. The van der Waals surface area contributed by atoms with Crippen LogP contribution in [-0.2, 0) is 27.5 Å². The molecule has 0 aromatic heterocycles. The molecule has 1 heterocycles. The van der Waals surface area contributed by atoms with E-state index >= 15 is 0 Å². The molecule has 1 aliphatic rings. The van der Waals surface area contributed by atoms with Gasteiger partial charge in [0.05, 0.1) is 10.5 Å². The molecule has 1 saturated heterocycles. The van der Waals surface area contributed by atoms with Crippen LogP contribution in [0.1, 0.15) is 17.5 Å². The highest BCUT2D eigenvalue weighted by Crippen LogP contribution is 2.29. The maximum Gasteiger partial charge on any atom is 0.416 e. The molecule has 0 bridgehead atoms. The van der Waals surface area contributed by atoms with E-state index in [0.717, 1.165) is 43.9 Å². The van der Waals surface area contributed by atoms with Gasteiger partial charge in [0.15, 0.2) is 0 Å². The van der Waals surface area contributed by atoms with Crippen molar-refractivity contribution in [2.24, 2.45) is 5.14 Å². The molecule has 7 nitrogen and oxygen atoms in total. The van der Waals surface area contributed by atoms with Crippen molar-refractivity contribution in [3.05, 3.63) is 59.7 Å². The van der Waals surface area contributed by atoms with Gasteiger partial charge in [-0.25, -0.2) is 13.6 Å². The summed E-state index contributed by atoms with van der Waals surface area (Å²) in [5.74, 6) is -0.180. The fraction of sp³-hybridized carbons (Fsp3) is 0.381. The van der Waals surface area contributed by atoms with Crippen molar-refractivity contribution in [1.29, 1.82) is 0 Å². The minimum Gasteiger partial charge on any atom is -0.326 e. The van der Waals surface area contributed by atoms with E-state index in [4.69, 9.17) is 5.14 Å². The molecule has 0 aliphatic carbocycles. The predicted molar refractivity (Wildman–Crippen MR) is 114 cm³/mol. The summed E-state index contributed by atoms with van der Waals surface area (Å²) >= 11 is 0. The topological polar surface area (TPSA) is 95.7 Å². The van der Waals surface area contributed by atoms with Crippen molar-refractivity contribution in [3.8, 4) is 0 Å². The third-order valence-electron chi connectivity index (χ3n) is 5.27. The maximum absolute atomic E-state index is 12.7. The number of piperazine rings is 1. The average molecular weight is 471 g/mol. The number of sulfonamides is 1. The zero-order valence-electron chi connectivity index (χ0n) is 17.3. The number of nitrogens with one attached hydrogen (secondary N) is 1. The van der Waals surface area contributed by atoms with Crippen LogP contribution in [0.15, 0.2) is 53.4 Å². The molecular weight excluding hydrogens is 445 g/mol. The van der Waals surface area contributed by atoms with E-state index in [2.05, 4.69) is 15.1 Å². The van der Waals surface area contributed by atoms with Gasteiger partial charge in [-0.3, -0.25) is 9.69 Å². The molecule has 11 heteroatoms. The summed E-state index contributed by atoms with van der Waals surface area (Å²) in [7, 11) is -3.77. The van der Waals surface area contributed by atoms with E-state index in [1.807, 2.05) is 0 Å². The Morgan fingerprint density at radius 3 is 2.03 bits per heavy atom. The van der Waals surface area contributed by atoms with Crippen LogP contribution >= 0.6 is 0 Å². The van der Waals surface area contributed by atoms with E-state index in [-0.39, 0.29) is 17.2 Å². The largest absolute Gasteiger partial charge is 0.416 e. The molecular formula is C21H25F3N4O3S. The third-order valence-corrected chi connectivity index (χ3v) is 6.20. The van der Waals surface area contributed by atoms with Crippen LogP contribution in [0, 0.1) is 0 Å². The maximum atomic E-state index is 12.7. The number of rotatable bonds is 7. The molecule has 1 amide bonds. The fourth-order valence-corrected chi connectivity index (χ4v) is 3.95. The van der Waals surface area contributed by atoms with Gasteiger partial charge in [0.1, 0.15) is 0 Å². The number of primary sulfonamides is 1. The Labute approximate surface area is 185 Å². The van der Waals surface area contributed by atoms with E-state index in [0.29, 0.717) is 18.8 Å². The number of hydrogen-bond donors (Lipinski definition) is 2. The first kappa shape index (κ1) is 24.2. The van der Waals surface area contributed by atoms with Crippen LogP contribution in [0.5, 0.6) is 0 Å². The number of nitrogens with two attached hydrogens (primary N) is 1. The fourth-order valence-electron chi connectivity index (χ4n) is 3.44. The summed E-state index contributed by atoms with van der Waals surface area (Å²) in [6, 6.07) is 10.9. The Kier molecular flexibility index (Phi) is 7.55. The first-order chi connectivity index (χ1) is 15.0. The van der Waals surface area contributed by atoms with E-state index in [1.54, 1.807) is 0 Å². The Morgan fingerprint density at radius 1 is 0.938 bits per heavy atom. The zero-order valence-corrected chi connectivity index (χ0v) is 18.1. The number of halogens is 3. The molecule has 174 valence electrons. The first-order valence-corrected chi connectivity index (χ1v) is 11.6. The lowest BCUT2D eigenvalue weighted by Crippen LogP contribution is -2.46. The van der Waals surface area contributed by atoms with Gasteiger partial charge in [-0.2, -0.15) is 13.2 Å². The smallest absolute Gasteiger partial charge is 0.326 e. The van der Waals surface area contributed by atoms with Gasteiger partial charge in [-0.1, -0.05) is 12.1 Å². The Bertz CT molecular complexity index is 1020. The van der Waals surface area contributed by atoms with Gasteiger partial charge in [0.2, 0.25) is 15.9 Å². The van der Waals surface area contributed by atoms with Gasteiger partial charge < -0.3 is 10.2 Å². The van der Waals surface area contributed by atoms with Gasteiger partial charge >= 0.3 is 6.18 Å². The number of hydrogen-bond acceptors (Lipinski definition) is 5. The molecule has 1 aliphatic heterocycles. The molecule has 2 aromatic carbocycles. The third kappa shape index (κ3) is 7.02. The number of amides is 1. The molecule has 3 rings (SSSR count). The zero-order chi connectivity index (χ0) is 23.4. The number of benzene rings is 2. The van der Waals surface area contributed by atoms with Crippen molar-refractivity contribution in [1.82, 2.24) is 9.80 Å². The highest BCUT2D eigenvalue weighted by atomic mass is 32.2. The average Bonchev–Trinajstić information content (AvgIpc) is 2.73. The summed E-state index contributed by atoms with van der Waals surface area (Å²) in [6.07, 6.45) is -4.04. The van der Waals surface area contributed by atoms with Crippen LogP contribution in [0.2, 0.25) is 0 Å². The Morgan fingerprint density at radius 2 is 1.50 bits per heavy atom. The summed E-state index contributed by atoms with van der Waals surface area (Å²) < 4.78 is 60.5. The molecule has 3 N–H and O–H groups in total. The summed E-state index contributed by atoms with van der Waals surface area (Å²) in [5.41, 5.74) is 0.674. The minimum atomic E-state index is -4.33. The highest BCUT2D eigenvalue weighted by Gasteiger charge is 2.30. The molecule has 32 heavy (non-hydrogen) atoms. The van der Waals surface area contributed by atoms with Crippen LogP contribution < -0.4 is 10.5 Å². The monoisotopic (exact) mass is 470 g/mol. The lowest BCUT2D eigenvalue weighted by Gasteiger charge is -2.34. The molecule has 0 spiro atoms. The number of anilines is 1. The second-order valence-electron chi connectivity index (χ2n) is 7.68. The van der Waals surface area contributed by atoms with Crippen molar-refractivity contribution < 1.29 is 26.4 Å². The predicted octanol–water partition coefficient (Wildman–Crippen LogP) is 2.50. The number of carbonyl (C=O) groups excluding carboxylic acids is 1. The Hall–Kier alpha value is -2.47. The molecule has 2 aromatic rings. The molecule has 0 saturated carbocycles. The number of carbonyl (C=O) groups is 1. The van der Waals surface area contributed by atoms with Crippen molar-refractivity contribution >= 4 is 21.6 Å².